The molecule has 14 heavy (non-hydrogen) atoms. The standard InChI is InChI=1S/C12H23NO/c1-3-4-5-12(11-6-7-11)13-10(2)8-9-14/h3,10-14H,1,4-9H2,2H3/t10-,12?/m1/s1. The van der Waals surface area contributed by atoms with Gasteiger partial charge in [-0.15, -0.1) is 6.58 Å². The van der Waals surface area contributed by atoms with Gasteiger partial charge in [0.25, 0.3) is 0 Å². The van der Waals surface area contributed by atoms with E-state index in [1.165, 1.54) is 19.3 Å². The molecule has 1 aliphatic rings. The molecule has 2 N–H and O–H groups in total. The first-order valence-electron chi connectivity index (χ1n) is 5.75. The van der Waals surface area contributed by atoms with Crippen LogP contribution < -0.4 is 5.32 Å². The second-order valence-electron chi connectivity index (χ2n) is 4.39. The van der Waals surface area contributed by atoms with Crippen molar-refractivity contribution in [3.8, 4) is 0 Å². The zero-order chi connectivity index (χ0) is 10.4. The Balaban J connectivity index is 2.23. The van der Waals surface area contributed by atoms with Crippen molar-refractivity contribution < 1.29 is 5.11 Å². The summed E-state index contributed by atoms with van der Waals surface area (Å²) in [5.74, 6) is 0.885. The van der Waals surface area contributed by atoms with Crippen molar-refractivity contribution in [3.63, 3.8) is 0 Å². The Hall–Kier alpha value is -0.340. The molecule has 0 amide bonds. The first-order valence-corrected chi connectivity index (χ1v) is 5.75. The van der Waals surface area contributed by atoms with Gasteiger partial charge in [-0.25, -0.2) is 0 Å². The summed E-state index contributed by atoms with van der Waals surface area (Å²) in [4.78, 5) is 0. The van der Waals surface area contributed by atoms with Crippen LogP contribution in [-0.4, -0.2) is 23.8 Å². The molecule has 0 aromatic carbocycles. The molecule has 82 valence electrons. The van der Waals surface area contributed by atoms with Gasteiger partial charge in [-0.1, -0.05) is 6.08 Å². The van der Waals surface area contributed by atoms with E-state index in [4.69, 9.17) is 5.11 Å². The van der Waals surface area contributed by atoms with Gasteiger partial charge in [0.1, 0.15) is 0 Å². The van der Waals surface area contributed by atoms with E-state index >= 15 is 0 Å². The van der Waals surface area contributed by atoms with Crippen LogP contribution in [0.4, 0.5) is 0 Å². The average molecular weight is 197 g/mol. The number of hydrogen-bond donors (Lipinski definition) is 2. The lowest BCUT2D eigenvalue weighted by Crippen LogP contribution is -2.38. The molecule has 0 aliphatic heterocycles. The van der Waals surface area contributed by atoms with Crippen molar-refractivity contribution in [2.24, 2.45) is 5.92 Å². The van der Waals surface area contributed by atoms with E-state index in [1.807, 2.05) is 6.08 Å². The van der Waals surface area contributed by atoms with Gasteiger partial charge in [0.05, 0.1) is 0 Å². The second kappa shape index (κ2) is 6.20. The molecule has 2 heteroatoms. The van der Waals surface area contributed by atoms with E-state index in [1.54, 1.807) is 0 Å². The van der Waals surface area contributed by atoms with Crippen molar-refractivity contribution in [1.29, 1.82) is 0 Å². The summed E-state index contributed by atoms with van der Waals surface area (Å²) in [6, 6.07) is 1.09. The van der Waals surface area contributed by atoms with Crippen LogP contribution in [0.15, 0.2) is 12.7 Å². The third-order valence-corrected chi connectivity index (χ3v) is 2.93. The summed E-state index contributed by atoms with van der Waals surface area (Å²) in [6.45, 7) is 6.20. The Kier molecular flexibility index (Phi) is 5.20. The Morgan fingerprint density at radius 3 is 2.71 bits per heavy atom. The lowest BCUT2D eigenvalue weighted by Gasteiger charge is -2.22. The molecule has 0 aromatic heterocycles. The minimum absolute atomic E-state index is 0.285. The van der Waals surface area contributed by atoms with Gasteiger partial charge < -0.3 is 10.4 Å². The fourth-order valence-corrected chi connectivity index (χ4v) is 1.89. The third kappa shape index (κ3) is 4.25. The maximum atomic E-state index is 8.82. The monoisotopic (exact) mass is 197 g/mol. The molecule has 1 unspecified atom stereocenters. The first kappa shape index (κ1) is 11.7. The summed E-state index contributed by atoms with van der Waals surface area (Å²) in [7, 11) is 0. The van der Waals surface area contributed by atoms with Crippen LogP contribution in [0.25, 0.3) is 0 Å². The Morgan fingerprint density at radius 1 is 1.50 bits per heavy atom. The number of rotatable bonds is 8. The van der Waals surface area contributed by atoms with Gasteiger partial charge in [-0.3, -0.25) is 0 Å². The highest BCUT2D eigenvalue weighted by Gasteiger charge is 2.30. The maximum Gasteiger partial charge on any atom is 0.0445 e. The van der Waals surface area contributed by atoms with Gasteiger partial charge >= 0.3 is 0 Å². The molecule has 2 atom stereocenters. The van der Waals surface area contributed by atoms with Gasteiger partial charge in [0.15, 0.2) is 0 Å². The predicted octanol–water partition coefficient (Wildman–Crippen LogP) is 2.09. The third-order valence-electron chi connectivity index (χ3n) is 2.93. The van der Waals surface area contributed by atoms with Crippen molar-refractivity contribution in [2.45, 2.75) is 51.1 Å². The SMILES string of the molecule is C=CCCC(N[C@H](C)CCO)C1CC1. The molecular weight excluding hydrogens is 174 g/mol. The summed E-state index contributed by atoms with van der Waals surface area (Å²) in [6.07, 6.45) is 7.90. The number of hydrogen-bond acceptors (Lipinski definition) is 2. The van der Waals surface area contributed by atoms with Gasteiger partial charge in [-0.05, 0) is 44.9 Å². The highest BCUT2D eigenvalue weighted by Crippen LogP contribution is 2.34. The molecular formula is C12H23NO. The van der Waals surface area contributed by atoms with Crippen molar-refractivity contribution >= 4 is 0 Å². The molecule has 0 bridgehead atoms. The second-order valence-corrected chi connectivity index (χ2v) is 4.39. The number of aliphatic hydroxyl groups is 1. The lowest BCUT2D eigenvalue weighted by molar-refractivity contribution is 0.258. The minimum Gasteiger partial charge on any atom is -0.396 e. The van der Waals surface area contributed by atoms with Crippen LogP contribution in [0, 0.1) is 5.92 Å². The van der Waals surface area contributed by atoms with E-state index in [0.29, 0.717) is 12.1 Å². The highest BCUT2D eigenvalue weighted by atomic mass is 16.3. The fourth-order valence-electron chi connectivity index (χ4n) is 1.89. The van der Waals surface area contributed by atoms with Crippen LogP contribution in [-0.2, 0) is 0 Å². The van der Waals surface area contributed by atoms with E-state index in [0.717, 1.165) is 18.8 Å². The zero-order valence-electron chi connectivity index (χ0n) is 9.21. The molecule has 1 rings (SSSR count). The molecule has 0 heterocycles. The Morgan fingerprint density at radius 2 is 2.21 bits per heavy atom. The molecule has 0 spiro atoms. The highest BCUT2D eigenvalue weighted by molar-refractivity contribution is 4.89. The minimum atomic E-state index is 0.285. The van der Waals surface area contributed by atoms with E-state index in [9.17, 15) is 0 Å². The normalized spacial score (nSPS) is 20.4. The number of nitrogens with one attached hydrogen (secondary N) is 1. The molecule has 0 aromatic rings. The topological polar surface area (TPSA) is 32.3 Å². The molecule has 1 fully saturated rings. The van der Waals surface area contributed by atoms with Gasteiger partial charge in [0, 0.05) is 18.7 Å². The van der Waals surface area contributed by atoms with Crippen molar-refractivity contribution in [2.75, 3.05) is 6.61 Å². The predicted molar refractivity (Wildman–Crippen MR) is 60.2 cm³/mol. The smallest absolute Gasteiger partial charge is 0.0445 e. The van der Waals surface area contributed by atoms with Gasteiger partial charge in [0.2, 0.25) is 0 Å². The molecule has 2 nitrogen and oxygen atoms in total. The maximum absolute atomic E-state index is 8.82. The summed E-state index contributed by atoms with van der Waals surface area (Å²) in [5.41, 5.74) is 0. The van der Waals surface area contributed by atoms with Crippen LogP contribution in [0.1, 0.15) is 39.0 Å². The summed E-state index contributed by atoms with van der Waals surface area (Å²) in [5, 5.41) is 12.4. The van der Waals surface area contributed by atoms with E-state index in [2.05, 4.69) is 18.8 Å². The lowest BCUT2D eigenvalue weighted by atomic mass is 10.0. The Bertz CT molecular complexity index is 166. The first-order chi connectivity index (χ1) is 6.77. The fraction of sp³-hybridized carbons (Fsp3) is 0.833. The van der Waals surface area contributed by atoms with Crippen LogP contribution >= 0.6 is 0 Å². The molecule has 1 saturated carbocycles. The van der Waals surface area contributed by atoms with Gasteiger partial charge in [-0.2, -0.15) is 0 Å². The van der Waals surface area contributed by atoms with E-state index < -0.39 is 0 Å². The summed E-state index contributed by atoms with van der Waals surface area (Å²) < 4.78 is 0. The van der Waals surface area contributed by atoms with Crippen molar-refractivity contribution in [3.05, 3.63) is 12.7 Å². The molecule has 0 radical (unpaired) electrons. The quantitative estimate of drug-likeness (QED) is 0.584. The van der Waals surface area contributed by atoms with Crippen LogP contribution in [0.2, 0.25) is 0 Å². The Labute approximate surface area is 87.4 Å². The average Bonchev–Trinajstić information content (AvgIpc) is 2.95. The largest absolute Gasteiger partial charge is 0.396 e. The van der Waals surface area contributed by atoms with E-state index in [-0.39, 0.29) is 6.61 Å². The van der Waals surface area contributed by atoms with Crippen LogP contribution in [0.3, 0.4) is 0 Å². The zero-order valence-corrected chi connectivity index (χ0v) is 9.21. The number of allylic oxidation sites excluding steroid dienone is 1. The summed E-state index contributed by atoms with van der Waals surface area (Å²) >= 11 is 0. The van der Waals surface area contributed by atoms with Crippen LogP contribution in [0.5, 0.6) is 0 Å². The number of aliphatic hydroxyl groups excluding tert-OH is 1. The van der Waals surface area contributed by atoms with Crippen molar-refractivity contribution in [1.82, 2.24) is 5.32 Å². The molecule has 1 aliphatic carbocycles. The molecule has 0 saturated heterocycles.